The maximum Gasteiger partial charge on any atom is 0.287 e. The van der Waals surface area contributed by atoms with Crippen LogP contribution in [0.3, 0.4) is 0 Å². The summed E-state index contributed by atoms with van der Waals surface area (Å²) in [5, 5.41) is 21.4. The number of nitrogens with zero attached hydrogens (tertiary/aromatic N) is 2. The van der Waals surface area contributed by atoms with Gasteiger partial charge in [-0.05, 0) is 35.9 Å². The maximum atomic E-state index is 10.7. The van der Waals surface area contributed by atoms with Crippen molar-refractivity contribution in [2.45, 2.75) is 18.6 Å². The second-order valence-corrected chi connectivity index (χ2v) is 6.55. The number of aliphatic hydroxyl groups excluding tert-OH is 1. The number of ether oxygens (including phenoxy) is 3. The molecule has 0 fully saturated rings. The van der Waals surface area contributed by atoms with E-state index in [9.17, 15) is 15.2 Å². The molecule has 4 rings (SSSR count). The Balaban J connectivity index is 1.53. The number of benzene rings is 2. The molecule has 0 bridgehead atoms. The Hall–Kier alpha value is -3.65. The maximum absolute atomic E-state index is 10.7. The zero-order valence-corrected chi connectivity index (χ0v) is 15.5. The van der Waals surface area contributed by atoms with E-state index in [0.717, 1.165) is 17.5 Å². The van der Waals surface area contributed by atoms with Gasteiger partial charge in [0.15, 0.2) is 0 Å². The van der Waals surface area contributed by atoms with Crippen LogP contribution >= 0.6 is 0 Å². The van der Waals surface area contributed by atoms with Crippen LogP contribution in [0.2, 0.25) is 0 Å². The molecule has 8 heteroatoms. The average molecular weight is 394 g/mol. The Bertz CT molecular complexity index is 1040. The average Bonchev–Trinajstić information content (AvgIpc) is 2.74. The van der Waals surface area contributed by atoms with E-state index in [1.165, 1.54) is 12.1 Å². The van der Waals surface area contributed by atoms with Crippen molar-refractivity contribution in [3.63, 3.8) is 0 Å². The molecule has 1 aliphatic rings. The number of aromatic nitrogens is 1. The number of fused-ring (bicyclic) bond motifs is 1. The molecule has 0 amide bonds. The Labute approximate surface area is 166 Å². The van der Waals surface area contributed by atoms with Crippen molar-refractivity contribution in [3.05, 3.63) is 82.0 Å². The molecule has 8 nitrogen and oxygen atoms in total. The van der Waals surface area contributed by atoms with E-state index in [-0.39, 0.29) is 17.7 Å². The first-order valence-electron chi connectivity index (χ1n) is 8.94. The molecular formula is C21H18N2O6. The summed E-state index contributed by atoms with van der Waals surface area (Å²) in [4.78, 5) is 14.1. The molecule has 1 aliphatic heterocycles. The van der Waals surface area contributed by atoms with E-state index >= 15 is 0 Å². The van der Waals surface area contributed by atoms with Crippen molar-refractivity contribution in [1.82, 2.24) is 4.98 Å². The molecule has 0 radical (unpaired) electrons. The molecule has 1 aromatic heterocycles. The zero-order chi connectivity index (χ0) is 20.4. The fraction of sp³-hybridized carbons (Fsp3) is 0.190. The van der Waals surface area contributed by atoms with Gasteiger partial charge in [-0.3, -0.25) is 10.1 Å². The number of hydrogen-bond donors (Lipinski definition) is 1. The highest BCUT2D eigenvalue weighted by Gasteiger charge is 2.29. The van der Waals surface area contributed by atoms with E-state index in [1.54, 1.807) is 25.3 Å². The molecule has 1 N–H and O–H groups in total. The van der Waals surface area contributed by atoms with Gasteiger partial charge in [0, 0.05) is 24.1 Å². The molecule has 0 spiro atoms. The minimum atomic E-state index is -0.733. The summed E-state index contributed by atoms with van der Waals surface area (Å²) in [6.07, 6.45) is 0.489. The standard InChI is InChI=1S/C21H18N2O6/c1-27-15-4-2-3-13(9-15)20-11-18(24)17-10-16(6-7-19(17)29-20)28-21-8-5-14(12-22-21)23(25)26/h2-10,12,18,20,24H,11H2,1H3. The summed E-state index contributed by atoms with van der Waals surface area (Å²) in [5.41, 5.74) is 1.42. The highest BCUT2D eigenvalue weighted by Crippen LogP contribution is 2.43. The highest BCUT2D eigenvalue weighted by molar-refractivity contribution is 5.45. The van der Waals surface area contributed by atoms with Crippen molar-refractivity contribution in [1.29, 1.82) is 0 Å². The summed E-state index contributed by atoms with van der Waals surface area (Å²) in [5.74, 6) is 1.97. The fourth-order valence-corrected chi connectivity index (χ4v) is 3.20. The predicted octanol–water partition coefficient (Wildman–Crippen LogP) is 4.35. The quantitative estimate of drug-likeness (QED) is 0.507. The summed E-state index contributed by atoms with van der Waals surface area (Å²) in [6, 6.07) is 15.4. The van der Waals surface area contributed by atoms with Crippen LogP contribution in [0.1, 0.15) is 29.8 Å². The first-order valence-corrected chi connectivity index (χ1v) is 8.94. The molecule has 0 aliphatic carbocycles. The smallest absolute Gasteiger partial charge is 0.287 e. The number of pyridine rings is 1. The monoisotopic (exact) mass is 394 g/mol. The molecule has 2 heterocycles. The van der Waals surface area contributed by atoms with Crippen molar-refractivity contribution >= 4 is 5.69 Å². The van der Waals surface area contributed by atoms with Gasteiger partial charge in [0.2, 0.25) is 5.88 Å². The number of rotatable bonds is 5. The summed E-state index contributed by atoms with van der Waals surface area (Å²) >= 11 is 0. The van der Waals surface area contributed by atoms with Crippen molar-refractivity contribution in [3.8, 4) is 23.1 Å². The molecule has 29 heavy (non-hydrogen) atoms. The van der Waals surface area contributed by atoms with Crippen LogP contribution in [0, 0.1) is 10.1 Å². The van der Waals surface area contributed by atoms with Crippen LogP contribution in [0.4, 0.5) is 5.69 Å². The summed E-state index contributed by atoms with van der Waals surface area (Å²) < 4.78 is 17.0. The summed E-state index contributed by atoms with van der Waals surface area (Å²) in [6.45, 7) is 0. The third-order valence-corrected chi connectivity index (χ3v) is 4.67. The first kappa shape index (κ1) is 18.7. The molecule has 148 valence electrons. The van der Waals surface area contributed by atoms with Gasteiger partial charge >= 0.3 is 0 Å². The second kappa shape index (κ2) is 7.76. The van der Waals surface area contributed by atoms with Crippen LogP contribution in [-0.4, -0.2) is 22.1 Å². The van der Waals surface area contributed by atoms with E-state index < -0.39 is 11.0 Å². The lowest BCUT2D eigenvalue weighted by Crippen LogP contribution is -2.19. The van der Waals surface area contributed by atoms with Gasteiger partial charge in [-0.1, -0.05) is 12.1 Å². The van der Waals surface area contributed by atoms with Crippen LogP contribution in [0.5, 0.6) is 23.1 Å². The second-order valence-electron chi connectivity index (χ2n) is 6.55. The number of hydrogen-bond acceptors (Lipinski definition) is 7. The van der Waals surface area contributed by atoms with Crippen LogP contribution < -0.4 is 14.2 Å². The Morgan fingerprint density at radius 3 is 2.76 bits per heavy atom. The van der Waals surface area contributed by atoms with Gasteiger partial charge in [-0.25, -0.2) is 4.98 Å². The van der Waals surface area contributed by atoms with Gasteiger partial charge in [0.25, 0.3) is 5.69 Å². The van der Waals surface area contributed by atoms with E-state index in [4.69, 9.17) is 14.2 Å². The predicted molar refractivity (Wildman–Crippen MR) is 103 cm³/mol. The van der Waals surface area contributed by atoms with Gasteiger partial charge in [-0.2, -0.15) is 0 Å². The van der Waals surface area contributed by atoms with E-state index in [0.29, 0.717) is 23.5 Å². The minimum absolute atomic E-state index is 0.116. The Morgan fingerprint density at radius 2 is 2.03 bits per heavy atom. The van der Waals surface area contributed by atoms with Gasteiger partial charge in [0.05, 0.1) is 18.1 Å². The molecule has 0 saturated heterocycles. The van der Waals surface area contributed by atoms with Crippen molar-refractivity contribution in [2.24, 2.45) is 0 Å². The third kappa shape index (κ3) is 3.97. The SMILES string of the molecule is COc1cccc(C2CC(O)c3cc(Oc4ccc([N+](=O)[O-])cn4)ccc3O2)c1. The topological polar surface area (TPSA) is 104 Å². The normalized spacial score (nSPS) is 17.7. The van der Waals surface area contributed by atoms with Crippen LogP contribution in [0.25, 0.3) is 0 Å². The lowest BCUT2D eigenvalue weighted by molar-refractivity contribution is -0.385. The Kier molecular flexibility index (Phi) is 5.01. The molecule has 2 atom stereocenters. The van der Waals surface area contributed by atoms with Gasteiger partial charge in [0.1, 0.15) is 29.5 Å². The fourth-order valence-electron chi connectivity index (χ4n) is 3.20. The van der Waals surface area contributed by atoms with E-state index in [2.05, 4.69) is 4.98 Å². The molecule has 2 aromatic carbocycles. The van der Waals surface area contributed by atoms with Crippen LogP contribution in [0.15, 0.2) is 60.8 Å². The Morgan fingerprint density at radius 1 is 1.17 bits per heavy atom. The minimum Gasteiger partial charge on any atom is -0.497 e. The largest absolute Gasteiger partial charge is 0.497 e. The zero-order valence-electron chi connectivity index (χ0n) is 15.5. The van der Waals surface area contributed by atoms with Crippen LogP contribution in [-0.2, 0) is 0 Å². The lowest BCUT2D eigenvalue weighted by atomic mass is 9.95. The molecule has 2 unspecified atom stereocenters. The first-order chi connectivity index (χ1) is 14.0. The lowest BCUT2D eigenvalue weighted by Gasteiger charge is -2.30. The van der Waals surface area contributed by atoms with E-state index in [1.807, 2.05) is 24.3 Å². The van der Waals surface area contributed by atoms with Crippen molar-refractivity contribution < 1.29 is 24.2 Å². The van der Waals surface area contributed by atoms with Gasteiger partial charge < -0.3 is 19.3 Å². The number of aliphatic hydroxyl groups is 1. The number of nitro groups is 1. The molecule has 0 saturated carbocycles. The highest BCUT2D eigenvalue weighted by atomic mass is 16.6. The molecular weight excluding hydrogens is 376 g/mol. The number of methoxy groups -OCH3 is 1. The molecule has 3 aromatic rings. The van der Waals surface area contributed by atoms with Crippen molar-refractivity contribution in [2.75, 3.05) is 7.11 Å². The third-order valence-electron chi connectivity index (χ3n) is 4.67. The van der Waals surface area contributed by atoms with Gasteiger partial charge in [-0.15, -0.1) is 0 Å². The summed E-state index contributed by atoms with van der Waals surface area (Å²) in [7, 11) is 1.60.